The molecule has 2 amide bonds. The van der Waals surface area contributed by atoms with Crippen molar-refractivity contribution >= 4 is 11.8 Å². The van der Waals surface area contributed by atoms with Crippen LogP contribution < -0.4 is 10.6 Å². The summed E-state index contributed by atoms with van der Waals surface area (Å²) in [5, 5.41) is 5.52. The van der Waals surface area contributed by atoms with Crippen LogP contribution in [0.5, 0.6) is 0 Å². The molecule has 0 aromatic heterocycles. The Morgan fingerprint density at radius 1 is 1.18 bits per heavy atom. The minimum atomic E-state index is -0.942. The molecule has 1 aliphatic carbocycles. The van der Waals surface area contributed by atoms with Crippen molar-refractivity contribution in [3.05, 3.63) is 35.6 Å². The Morgan fingerprint density at radius 2 is 1.82 bits per heavy atom. The van der Waals surface area contributed by atoms with E-state index in [1.165, 1.54) is 6.07 Å². The number of hydrogen-bond acceptors (Lipinski definition) is 2. The van der Waals surface area contributed by atoms with Crippen molar-refractivity contribution in [1.29, 1.82) is 0 Å². The number of carbonyl (C=O) groups is 2. The van der Waals surface area contributed by atoms with E-state index in [9.17, 15) is 14.0 Å². The van der Waals surface area contributed by atoms with Crippen LogP contribution in [-0.2, 0) is 16.1 Å². The molecule has 4 nitrogen and oxygen atoms in total. The summed E-state index contributed by atoms with van der Waals surface area (Å²) in [6.45, 7) is 4.85. The fraction of sp³-hybridized carbons (Fsp3) is 0.529. The molecule has 22 heavy (non-hydrogen) atoms. The first kappa shape index (κ1) is 16.5. The molecule has 0 saturated heterocycles. The molecule has 1 aliphatic rings. The Morgan fingerprint density at radius 3 is 2.41 bits per heavy atom. The fourth-order valence-electron chi connectivity index (χ4n) is 2.31. The van der Waals surface area contributed by atoms with Crippen LogP contribution in [0.3, 0.4) is 0 Å². The van der Waals surface area contributed by atoms with Gasteiger partial charge in [-0.2, -0.15) is 0 Å². The standard InChI is InChI=1S/C17H23FN2O2/c1-12(2)7-10-19-15(21)17(8-9-17)16(22)20-11-13-5-3-4-6-14(13)18/h3-6,12H,7-11H2,1-2H3,(H,19,21)(H,20,22). The summed E-state index contributed by atoms with van der Waals surface area (Å²) in [5.41, 5.74) is -0.519. The van der Waals surface area contributed by atoms with Crippen LogP contribution in [0.1, 0.15) is 38.7 Å². The summed E-state index contributed by atoms with van der Waals surface area (Å²) in [6, 6.07) is 6.30. The van der Waals surface area contributed by atoms with E-state index >= 15 is 0 Å². The maximum atomic E-state index is 13.5. The van der Waals surface area contributed by atoms with Crippen molar-refractivity contribution in [1.82, 2.24) is 10.6 Å². The van der Waals surface area contributed by atoms with Crippen LogP contribution in [0.25, 0.3) is 0 Å². The molecule has 0 radical (unpaired) electrons. The van der Waals surface area contributed by atoms with Gasteiger partial charge in [0.25, 0.3) is 0 Å². The molecule has 1 aromatic carbocycles. The van der Waals surface area contributed by atoms with Gasteiger partial charge in [-0.25, -0.2) is 4.39 Å². The van der Waals surface area contributed by atoms with Crippen LogP contribution in [-0.4, -0.2) is 18.4 Å². The molecule has 1 fully saturated rings. The second-order valence-electron chi connectivity index (χ2n) is 6.29. The first-order chi connectivity index (χ1) is 10.5. The van der Waals surface area contributed by atoms with E-state index in [-0.39, 0.29) is 24.2 Å². The molecule has 0 spiro atoms. The van der Waals surface area contributed by atoms with Gasteiger partial charge in [0, 0.05) is 18.7 Å². The van der Waals surface area contributed by atoms with E-state index in [4.69, 9.17) is 0 Å². The molecular weight excluding hydrogens is 283 g/mol. The number of amides is 2. The third kappa shape index (κ3) is 3.84. The van der Waals surface area contributed by atoms with Crippen LogP contribution in [0.4, 0.5) is 4.39 Å². The maximum Gasteiger partial charge on any atom is 0.235 e. The van der Waals surface area contributed by atoms with Crippen LogP contribution in [0, 0.1) is 17.2 Å². The van der Waals surface area contributed by atoms with Gasteiger partial charge in [-0.05, 0) is 31.2 Å². The van der Waals surface area contributed by atoms with Crippen molar-refractivity contribution in [2.24, 2.45) is 11.3 Å². The molecule has 2 rings (SSSR count). The highest BCUT2D eigenvalue weighted by Gasteiger charge is 2.56. The lowest BCUT2D eigenvalue weighted by atomic mass is 10.0. The van der Waals surface area contributed by atoms with Gasteiger partial charge < -0.3 is 10.6 Å². The Labute approximate surface area is 130 Å². The Balaban J connectivity index is 1.86. The first-order valence-corrected chi connectivity index (χ1v) is 7.76. The van der Waals surface area contributed by atoms with E-state index in [1.807, 2.05) is 0 Å². The van der Waals surface area contributed by atoms with Gasteiger partial charge in [0.05, 0.1) is 0 Å². The SMILES string of the molecule is CC(C)CCNC(=O)C1(C(=O)NCc2ccccc2F)CC1. The van der Waals surface area contributed by atoms with Crippen molar-refractivity contribution in [2.75, 3.05) is 6.54 Å². The Bertz CT molecular complexity index is 553. The number of carbonyl (C=O) groups excluding carboxylic acids is 2. The van der Waals surface area contributed by atoms with Crippen molar-refractivity contribution in [2.45, 2.75) is 39.7 Å². The highest BCUT2D eigenvalue weighted by Crippen LogP contribution is 2.46. The second-order valence-corrected chi connectivity index (χ2v) is 6.29. The summed E-state index contributed by atoms with van der Waals surface area (Å²) in [6.07, 6.45) is 2.01. The Kier molecular flexibility index (Phi) is 5.16. The molecule has 5 heteroatoms. The molecule has 1 aromatic rings. The van der Waals surface area contributed by atoms with Gasteiger partial charge in [-0.15, -0.1) is 0 Å². The Hall–Kier alpha value is -1.91. The highest BCUT2D eigenvalue weighted by molar-refractivity contribution is 6.07. The van der Waals surface area contributed by atoms with Gasteiger partial charge in [0.15, 0.2) is 0 Å². The topological polar surface area (TPSA) is 58.2 Å². The van der Waals surface area contributed by atoms with E-state index in [2.05, 4.69) is 24.5 Å². The maximum absolute atomic E-state index is 13.5. The normalized spacial score (nSPS) is 15.5. The third-order valence-electron chi connectivity index (χ3n) is 4.02. The molecule has 0 heterocycles. The minimum absolute atomic E-state index is 0.104. The largest absolute Gasteiger partial charge is 0.355 e. The summed E-state index contributed by atoms with van der Waals surface area (Å²) in [4.78, 5) is 24.4. The van der Waals surface area contributed by atoms with Crippen molar-refractivity contribution in [3.8, 4) is 0 Å². The number of rotatable bonds is 7. The van der Waals surface area contributed by atoms with Gasteiger partial charge in [-0.3, -0.25) is 9.59 Å². The zero-order valence-corrected chi connectivity index (χ0v) is 13.1. The van der Waals surface area contributed by atoms with Gasteiger partial charge in [0.1, 0.15) is 11.2 Å². The number of hydrogen-bond donors (Lipinski definition) is 2. The van der Waals surface area contributed by atoms with Crippen LogP contribution >= 0.6 is 0 Å². The predicted molar refractivity (Wildman–Crippen MR) is 82.4 cm³/mol. The lowest BCUT2D eigenvalue weighted by molar-refractivity contribution is -0.137. The molecule has 0 atom stereocenters. The van der Waals surface area contributed by atoms with E-state index < -0.39 is 5.41 Å². The van der Waals surface area contributed by atoms with Gasteiger partial charge >= 0.3 is 0 Å². The zero-order valence-electron chi connectivity index (χ0n) is 13.1. The third-order valence-corrected chi connectivity index (χ3v) is 4.02. The van der Waals surface area contributed by atoms with Crippen molar-refractivity contribution in [3.63, 3.8) is 0 Å². The monoisotopic (exact) mass is 306 g/mol. The van der Waals surface area contributed by atoms with Crippen LogP contribution in [0.15, 0.2) is 24.3 Å². The number of nitrogens with one attached hydrogen (secondary N) is 2. The van der Waals surface area contributed by atoms with Crippen LogP contribution in [0.2, 0.25) is 0 Å². The van der Waals surface area contributed by atoms with Gasteiger partial charge in [-0.1, -0.05) is 32.0 Å². The molecule has 120 valence electrons. The van der Waals surface area contributed by atoms with E-state index in [0.29, 0.717) is 30.9 Å². The summed E-state index contributed by atoms with van der Waals surface area (Å²) < 4.78 is 13.5. The number of benzene rings is 1. The average Bonchev–Trinajstić information content (AvgIpc) is 3.27. The zero-order chi connectivity index (χ0) is 16.2. The molecule has 2 N–H and O–H groups in total. The van der Waals surface area contributed by atoms with Gasteiger partial charge in [0.2, 0.25) is 11.8 Å². The lowest BCUT2D eigenvalue weighted by Crippen LogP contribution is -2.43. The summed E-state index contributed by atoms with van der Waals surface area (Å²) in [5.74, 6) is -0.364. The second kappa shape index (κ2) is 6.90. The molecular formula is C17H23FN2O2. The lowest BCUT2D eigenvalue weighted by Gasteiger charge is -2.16. The first-order valence-electron chi connectivity index (χ1n) is 7.76. The van der Waals surface area contributed by atoms with E-state index in [1.54, 1.807) is 18.2 Å². The molecule has 0 unspecified atom stereocenters. The summed E-state index contributed by atoms with van der Waals surface area (Å²) in [7, 11) is 0. The minimum Gasteiger partial charge on any atom is -0.355 e. The van der Waals surface area contributed by atoms with Crippen molar-refractivity contribution < 1.29 is 14.0 Å². The van der Waals surface area contributed by atoms with E-state index in [0.717, 1.165) is 6.42 Å². The highest BCUT2D eigenvalue weighted by atomic mass is 19.1. The quantitative estimate of drug-likeness (QED) is 0.760. The smallest absolute Gasteiger partial charge is 0.235 e. The number of halogens is 1. The molecule has 0 aliphatic heterocycles. The molecule has 0 bridgehead atoms. The fourth-order valence-corrected chi connectivity index (χ4v) is 2.31. The predicted octanol–water partition coefficient (Wildman–Crippen LogP) is 2.38. The molecule has 1 saturated carbocycles. The average molecular weight is 306 g/mol. The summed E-state index contributed by atoms with van der Waals surface area (Å²) >= 11 is 0.